The summed E-state index contributed by atoms with van der Waals surface area (Å²) in [5, 5.41) is 12.6. The van der Waals surface area contributed by atoms with Gasteiger partial charge >= 0.3 is 6.03 Å². The predicted molar refractivity (Wildman–Crippen MR) is 84.3 cm³/mol. The van der Waals surface area contributed by atoms with Crippen molar-refractivity contribution >= 4 is 6.03 Å². The average Bonchev–Trinajstić information content (AvgIpc) is 2.48. The summed E-state index contributed by atoms with van der Waals surface area (Å²) in [6.45, 7) is 6.71. The summed E-state index contributed by atoms with van der Waals surface area (Å²) in [6, 6.07) is 0.711. The second kappa shape index (κ2) is 8.59. The highest BCUT2D eigenvalue weighted by Crippen LogP contribution is 2.16. The number of carbonyl (C=O) groups excluding carboxylic acids is 1. The lowest BCUT2D eigenvalue weighted by Crippen LogP contribution is -2.47. The Morgan fingerprint density at radius 3 is 2.81 bits per heavy atom. The lowest BCUT2D eigenvalue weighted by molar-refractivity contribution is 0.0842. The number of rotatable bonds is 5. The molecule has 0 aliphatic carbocycles. The number of hydrogen-bond acceptors (Lipinski definition) is 3. The molecule has 0 spiro atoms. The third kappa shape index (κ3) is 5.47. The lowest BCUT2D eigenvalue weighted by Gasteiger charge is -2.33. The molecular weight excluding hydrogens is 266 g/mol. The Morgan fingerprint density at radius 2 is 2.05 bits per heavy atom. The van der Waals surface area contributed by atoms with Gasteiger partial charge in [-0.25, -0.2) is 4.79 Å². The molecule has 0 bridgehead atoms. The highest BCUT2D eigenvalue weighted by atomic mass is 16.3. The van der Waals surface area contributed by atoms with Gasteiger partial charge in [-0.1, -0.05) is 6.42 Å². The lowest BCUT2D eigenvalue weighted by atomic mass is 10.0. The zero-order valence-corrected chi connectivity index (χ0v) is 13.4. The molecule has 2 aliphatic rings. The molecule has 0 saturated carbocycles. The summed E-state index contributed by atoms with van der Waals surface area (Å²) in [6.07, 6.45) is 7.59. The number of carbonyl (C=O) groups is 1. The van der Waals surface area contributed by atoms with Crippen molar-refractivity contribution in [2.24, 2.45) is 0 Å². The second-order valence-corrected chi connectivity index (χ2v) is 6.56. The number of aliphatic hydroxyl groups excluding tert-OH is 1. The quantitative estimate of drug-likeness (QED) is 0.761. The molecule has 2 aliphatic heterocycles. The summed E-state index contributed by atoms with van der Waals surface area (Å²) in [7, 11) is 0. The van der Waals surface area contributed by atoms with Crippen molar-refractivity contribution < 1.29 is 9.90 Å². The van der Waals surface area contributed by atoms with E-state index in [4.69, 9.17) is 0 Å². The predicted octanol–water partition coefficient (Wildman–Crippen LogP) is 1.81. The standard InChI is InChI=1S/C16H31N3O2/c1-14-7-2-4-10-18(14)11-5-3-9-17-16(21)19-12-6-8-15(20)13-19/h14-15,20H,2-13H2,1H3,(H,17,21). The molecule has 2 unspecified atom stereocenters. The summed E-state index contributed by atoms with van der Waals surface area (Å²) < 4.78 is 0. The van der Waals surface area contributed by atoms with Crippen molar-refractivity contribution in [3.63, 3.8) is 0 Å². The number of piperidine rings is 2. The minimum absolute atomic E-state index is 0.0138. The van der Waals surface area contributed by atoms with Crippen LogP contribution in [0.25, 0.3) is 0 Å². The smallest absolute Gasteiger partial charge is 0.317 e. The van der Waals surface area contributed by atoms with Gasteiger partial charge in [0.15, 0.2) is 0 Å². The molecule has 0 aromatic heterocycles. The number of nitrogens with one attached hydrogen (secondary N) is 1. The molecule has 2 amide bonds. The fourth-order valence-electron chi connectivity index (χ4n) is 3.38. The van der Waals surface area contributed by atoms with Crippen molar-refractivity contribution in [2.45, 2.75) is 64.0 Å². The van der Waals surface area contributed by atoms with Gasteiger partial charge in [0.2, 0.25) is 0 Å². The molecule has 0 aromatic rings. The molecule has 0 radical (unpaired) electrons. The van der Waals surface area contributed by atoms with Gasteiger partial charge in [0.1, 0.15) is 0 Å². The van der Waals surface area contributed by atoms with Gasteiger partial charge in [-0.3, -0.25) is 0 Å². The van der Waals surface area contributed by atoms with Crippen LogP contribution in [0.5, 0.6) is 0 Å². The number of nitrogens with zero attached hydrogens (tertiary/aromatic N) is 2. The van der Waals surface area contributed by atoms with Crippen molar-refractivity contribution in [1.29, 1.82) is 0 Å². The van der Waals surface area contributed by atoms with Crippen LogP contribution in [0, 0.1) is 0 Å². The molecular formula is C16H31N3O2. The molecule has 2 rings (SSSR count). The van der Waals surface area contributed by atoms with Crippen LogP contribution in [0.3, 0.4) is 0 Å². The van der Waals surface area contributed by atoms with Gasteiger partial charge in [0.25, 0.3) is 0 Å². The first-order chi connectivity index (χ1) is 10.2. The maximum absolute atomic E-state index is 12.0. The molecule has 5 heteroatoms. The molecule has 5 nitrogen and oxygen atoms in total. The van der Waals surface area contributed by atoms with Crippen LogP contribution in [0.4, 0.5) is 4.79 Å². The van der Waals surface area contributed by atoms with Crippen molar-refractivity contribution in [3.05, 3.63) is 0 Å². The molecule has 2 saturated heterocycles. The van der Waals surface area contributed by atoms with Crippen molar-refractivity contribution in [2.75, 3.05) is 32.7 Å². The monoisotopic (exact) mass is 297 g/mol. The van der Waals surface area contributed by atoms with E-state index < -0.39 is 0 Å². The van der Waals surface area contributed by atoms with Crippen LogP contribution < -0.4 is 5.32 Å². The van der Waals surface area contributed by atoms with Crippen LogP contribution in [-0.4, -0.2) is 65.8 Å². The fraction of sp³-hybridized carbons (Fsp3) is 0.938. The van der Waals surface area contributed by atoms with Crippen LogP contribution >= 0.6 is 0 Å². The SMILES string of the molecule is CC1CCCCN1CCCCNC(=O)N1CCCC(O)C1. The Balaban J connectivity index is 1.53. The Morgan fingerprint density at radius 1 is 1.19 bits per heavy atom. The van der Waals surface area contributed by atoms with E-state index in [0.717, 1.165) is 51.4 Å². The summed E-state index contributed by atoms with van der Waals surface area (Å²) in [4.78, 5) is 16.3. The number of aliphatic hydroxyl groups is 1. The molecule has 0 aromatic carbocycles. The topological polar surface area (TPSA) is 55.8 Å². The number of β-amino-alcohol motifs (C(OH)–C–C–N with tert-alkyl or cyclic N) is 1. The Kier molecular flexibility index (Phi) is 6.77. The molecule has 2 atom stereocenters. The van der Waals surface area contributed by atoms with Crippen LogP contribution in [-0.2, 0) is 0 Å². The highest BCUT2D eigenvalue weighted by Gasteiger charge is 2.21. The minimum Gasteiger partial charge on any atom is -0.391 e. The molecule has 2 N–H and O–H groups in total. The van der Waals surface area contributed by atoms with Gasteiger partial charge in [-0.15, -0.1) is 0 Å². The molecule has 2 fully saturated rings. The Labute approximate surface area is 128 Å². The summed E-state index contributed by atoms with van der Waals surface area (Å²) in [5.41, 5.74) is 0. The van der Waals surface area contributed by atoms with E-state index in [-0.39, 0.29) is 12.1 Å². The number of amides is 2. The minimum atomic E-state index is -0.343. The number of hydrogen-bond donors (Lipinski definition) is 2. The van der Waals surface area contributed by atoms with E-state index in [2.05, 4.69) is 17.1 Å². The molecule has 122 valence electrons. The third-order valence-electron chi connectivity index (χ3n) is 4.77. The normalized spacial score (nSPS) is 27.6. The summed E-state index contributed by atoms with van der Waals surface area (Å²) >= 11 is 0. The van der Waals surface area contributed by atoms with Gasteiger partial charge in [0.05, 0.1) is 6.10 Å². The zero-order chi connectivity index (χ0) is 15.1. The van der Waals surface area contributed by atoms with Gasteiger partial charge in [0, 0.05) is 25.7 Å². The summed E-state index contributed by atoms with van der Waals surface area (Å²) in [5.74, 6) is 0. The maximum Gasteiger partial charge on any atom is 0.317 e. The number of unbranched alkanes of at least 4 members (excludes halogenated alkanes) is 1. The Bertz CT molecular complexity index is 325. The zero-order valence-electron chi connectivity index (χ0n) is 13.4. The van der Waals surface area contributed by atoms with E-state index in [0.29, 0.717) is 6.54 Å². The van der Waals surface area contributed by atoms with Crippen LogP contribution in [0.15, 0.2) is 0 Å². The largest absolute Gasteiger partial charge is 0.391 e. The first-order valence-corrected chi connectivity index (χ1v) is 8.61. The fourth-order valence-corrected chi connectivity index (χ4v) is 3.38. The van der Waals surface area contributed by atoms with Gasteiger partial charge < -0.3 is 20.2 Å². The first-order valence-electron chi connectivity index (χ1n) is 8.61. The van der Waals surface area contributed by atoms with E-state index >= 15 is 0 Å². The van der Waals surface area contributed by atoms with Crippen LogP contribution in [0.1, 0.15) is 51.9 Å². The number of likely N-dealkylation sites (tertiary alicyclic amines) is 2. The van der Waals surface area contributed by atoms with E-state index in [1.165, 1.54) is 25.8 Å². The maximum atomic E-state index is 12.0. The third-order valence-corrected chi connectivity index (χ3v) is 4.77. The second-order valence-electron chi connectivity index (χ2n) is 6.56. The van der Waals surface area contributed by atoms with E-state index in [1.54, 1.807) is 4.90 Å². The van der Waals surface area contributed by atoms with Gasteiger partial charge in [-0.2, -0.15) is 0 Å². The number of urea groups is 1. The van der Waals surface area contributed by atoms with Crippen molar-refractivity contribution in [3.8, 4) is 0 Å². The van der Waals surface area contributed by atoms with Gasteiger partial charge in [-0.05, 0) is 58.5 Å². The van der Waals surface area contributed by atoms with Crippen molar-refractivity contribution in [1.82, 2.24) is 15.1 Å². The Hall–Kier alpha value is -0.810. The average molecular weight is 297 g/mol. The highest BCUT2D eigenvalue weighted by molar-refractivity contribution is 5.74. The first kappa shape index (κ1) is 16.6. The van der Waals surface area contributed by atoms with E-state index in [9.17, 15) is 9.90 Å². The molecule has 21 heavy (non-hydrogen) atoms. The van der Waals surface area contributed by atoms with E-state index in [1.807, 2.05) is 0 Å². The van der Waals surface area contributed by atoms with Crippen LogP contribution in [0.2, 0.25) is 0 Å². The molecule has 2 heterocycles.